The number of aryl methyl sites for hydroxylation is 1. The van der Waals surface area contributed by atoms with Gasteiger partial charge in [-0.25, -0.2) is 0 Å². The molecule has 0 spiro atoms. The Morgan fingerprint density at radius 2 is 2.29 bits per heavy atom. The van der Waals surface area contributed by atoms with E-state index >= 15 is 0 Å². The number of alkyl halides is 1. The van der Waals surface area contributed by atoms with E-state index in [0.717, 1.165) is 16.3 Å². The molecule has 0 aliphatic carbocycles. The molecule has 0 fully saturated rings. The highest BCUT2D eigenvalue weighted by atomic mass is 79.9. The minimum atomic E-state index is 0.784. The highest BCUT2D eigenvalue weighted by molar-refractivity contribution is 9.08. The number of hydrogen-bond donors (Lipinski definition) is 0. The number of benzene rings is 1. The molecule has 0 unspecified atom stereocenters. The van der Waals surface area contributed by atoms with E-state index in [2.05, 4.69) is 41.1 Å². The fraction of sp³-hybridized carbons (Fsp3) is 0.182. The molecule has 0 aliphatic rings. The van der Waals surface area contributed by atoms with E-state index in [-0.39, 0.29) is 0 Å². The first-order valence-corrected chi connectivity index (χ1v) is 6.23. The molecule has 0 atom stereocenters. The van der Waals surface area contributed by atoms with Gasteiger partial charge in [-0.15, -0.1) is 11.3 Å². The number of nitriles is 1. The van der Waals surface area contributed by atoms with Crippen LogP contribution in [0.15, 0.2) is 17.5 Å². The normalized spacial score (nSPS) is 10.4. The first-order chi connectivity index (χ1) is 6.76. The molecule has 2 aromatic rings. The molecule has 0 radical (unpaired) electrons. The molecule has 3 heteroatoms. The number of hydrogen-bond acceptors (Lipinski definition) is 2. The molecule has 0 saturated carbocycles. The molecule has 0 saturated heterocycles. The second kappa shape index (κ2) is 3.72. The average molecular weight is 266 g/mol. The first-order valence-electron chi connectivity index (χ1n) is 4.23. The van der Waals surface area contributed by atoms with Crippen molar-refractivity contribution >= 4 is 37.4 Å². The lowest BCUT2D eigenvalue weighted by atomic mass is 10.1. The summed E-state index contributed by atoms with van der Waals surface area (Å²) < 4.78 is 1.20. The quantitative estimate of drug-likeness (QED) is 0.716. The third-order valence-corrected chi connectivity index (χ3v) is 3.85. The van der Waals surface area contributed by atoms with Crippen LogP contribution in [0.2, 0.25) is 0 Å². The van der Waals surface area contributed by atoms with Crippen molar-refractivity contribution in [2.45, 2.75) is 12.3 Å². The van der Waals surface area contributed by atoms with Gasteiger partial charge in [-0.05, 0) is 30.2 Å². The summed E-state index contributed by atoms with van der Waals surface area (Å²) in [5.74, 6) is 0. The number of fused-ring (bicyclic) bond motifs is 1. The standard InChI is InChI=1S/C11H8BrNS/c1-7-2-11-10(3-8(7)4-12)9(5-13)6-14-11/h2-3,6H,4H2,1H3. The molecular formula is C11H8BrNS. The number of rotatable bonds is 1. The molecule has 0 bridgehead atoms. The summed E-state index contributed by atoms with van der Waals surface area (Å²) >= 11 is 5.08. The van der Waals surface area contributed by atoms with Gasteiger partial charge in [0.1, 0.15) is 6.07 Å². The summed E-state index contributed by atoms with van der Waals surface area (Å²) in [7, 11) is 0. The second-order valence-corrected chi connectivity index (χ2v) is 4.64. The van der Waals surface area contributed by atoms with Crippen molar-refractivity contribution < 1.29 is 0 Å². The van der Waals surface area contributed by atoms with Crippen molar-refractivity contribution in [1.82, 2.24) is 0 Å². The van der Waals surface area contributed by atoms with Crippen LogP contribution in [0.25, 0.3) is 10.1 Å². The van der Waals surface area contributed by atoms with Crippen molar-refractivity contribution in [3.63, 3.8) is 0 Å². The van der Waals surface area contributed by atoms with Gasteiger partial charge in [-0.2, -0.15) is 5.26 Å². The van der Waals surface area contributed by atoms with Crippen LogP contribution >= 0.6 is 27.3 Å². The monoisotopic (exact) mass is 265 g/mol. The van der Waals surface area contributed by atoms with Gasteiger partial charge in [0, 0.05) is 20.8 Å². The predicted octanol–water partition coefficient (Wildman–Crippen LogP) is 3.98. The molecule has 1 nitrogen and oxygen atoms in total. The van der Waals surface area contributed by atoms with E-state index in [1.165, 1.54) is 15.8 Å². The van der Waals surface area contributed by atoms with Gasteiger partial charge >= 0.3 is 0 Å². The van der Waals surface area contributed by atoms with Gasteiger partial charge in [-0.1, -0.05) is 15.9 Å². The van der Waals surface area contributed by atoms with Crippen molar-refractivity contribution in [3.8, 4) is 6.07 Å². The van der Waals surface area contributed by atoms with Crippen molar-refractivity contribution in [2.24, 2.45) is 0 Å². The Hall–Kier alpha value is -0.850. The van der Waals surface area contributed by atoms with Crippen LogP contribution in [0.4, 0.5) is 0 Å². The molecule has 0 N–H and O–H groups in total. The van der Waals surface area contributed by atoms with Crippen LogP contribution in [-0.2, 0) is 5.33 Å². The summed E-state index contributed by atoms with van der Waals surface area (Å²) in [6.45, 7) is 2.10. The molecule has 1 heterocycles. The highest BCUT2D eigenvalue weighted by Crippen LogP contribution is 2.29. The SMILES string of the molecule is Cc1cc2scc(C#N)c2cc1CBr. The summed E-state index contributed by atoms with van der Waals surface area (Å²) in [6.07, 6.45) is 0. The molecule has 0 aliphatic heterocycles. The van der Waals surface area contributed by atoms with Crippen LogP contribution in [0.3, 0.4) is 0 Å². The number of thiophene rings is 1. The van der Waals surface area contributed by atoms with Gasteiger partial charge in [-0.3, -0.25) is 0 Å². The lowest BCUT2D eigenvalue weighted by molar-refractivity contribution is 1.35. The van der Waals surface area contributed by atoms with Crippen LogP contribution in [-0.4, -0.2) is 0 Å². The Bertz CT molecular complexity index is 522. The van der Waals surface area contributed by atoms with Gasteiger partial charge in [0.05, 0.1) is 5.56 Å². The van der Waals surface area contributed by atoms with E-state index in [0.29, 0.717) is 0 Å². The minimum Gasteiger partial charge on any atom is -0.192 e. The lowest BCUT2D eigenvalue weighted by Gasteiger charge is -2.01. The molecule has 14 heavy (non-hydrogen) atoms. The van der Waals surface area contributed by atoms with Crippen LogP contribution < -0.4 is 0 Å². The van der Waals surface area contributed by atoms with Crippen molar-refractivity contribution in [3.05, 3.63) is 34.2 Å². The summed E-state index contributed by atoms with van der Waals surface area (Å²) in [6, 6.07) is 6.47. The predicted molar refractivity (Wildman–Crippen MR) is 63.9 cm³/mol. The molecule has 1 aromatic heterocycles. The zero-order valence-corrected chi connectivity index (χ0v) is 10.1. The van der Waals surface area contributed by atoms with E-state index in [4.69, 9.17) is 5.26 Å². The second-order valence-electron chi connectivity index (χ2n) is 3.17. The molecule has 2 rings (SSSR count). The Labute approximate surface area is 95.1 Å². The van der Waals surface area contributed by atoms with E-state index in [9.17, 15) is 0 Å². The Balaban J connectivity index is 2.78. The molecule has 70 valence electrons. The van der Waals surface area contributed by atoms with Gasteiger partial charge in [0.15, 0.2) is 0 Å². The topological polar surface area (TPSA) is 23.8 Å². The average Bonchev–Trinajstić information content (AvgIpc) is 2.58. The van der Waals surface area contributed by atoms with Gasteiger partial charge < -0.3 is 0 Å². The maximum Gasteiger partial charge on any atom is 0.101 e. The zero-order chi connectivity index (χ0) is 10.1. The first kappa shape index (κ1) is 9.70. The smallest absolute Gasteiger partial charge is 0.101 e. The number of nitrogens with zero attached hydrogens (tertiary/aromatic N) is 1. The Morgan fingerprint density at radius 1 is 1.50 bits per heavy atom. The van der Waals surface area contributed by atoms with Crippen molar-refractivity contribution in [1.29, 1.82) is 5.26 Å². The van der Waals surface area contributed by atoms with E-state index in [1.54, 1.807) is 11.3 Å². The summed E-state index contributed by atoms with van der Waals surface area (Å²) in [5.41, 5.74) is 3.32. The third-order valence-electron chi connectivity index (χ3n) is 2.30. The van der Waals surface area contributed by atoms with Gasteiger partial charge in [0.2, 0.25) is 0 Å². The van der Waals surface area contributed by atoms with E-state index < -0.39 is 0 Å². The summed E-state index contributed by atoms with van der Waals surface area (Å²) in [5, 5.41) is 12.7. The number of halogens is 1. The Kier molecular flexibility index (Phi) is 2.58. The largest absolute Gasteiger partial charge is 0.192 e. The van der Waals surface area contributed by atoms with Crippen LogP contribution in [0, 0.1) is 18.3 Å². The molecular weight excluding hydrogens is 258 g/mol. The lowest BCUT2D eigenvalue weighted by Crippen LogP contribution is -1.83. The van der Waals surface area contributed by atoms with E-state index in [1.807, 2.05) is 5.38 Å². The fourth-order valence-corrected chi connectivity index (χ4v) is 3.02. The minimum absolute atomic E-state index is 0.784. The zero-order valence-electron chi connectivity index (χ0n) is 7.67. The highest BCUT2D eigenvalue weighted by Gasteiger charge is 2.06. The van der Waals surface area contributed by atoms with Crippen LogP contribution in [0.1, 0.15) is 16.7 Å². The van der Waals surface area contributed by atoms with Crippen molar-refractivity contribution in [2.75, 3.05) is 0 Å². The fourth-order valence-electron chi connectivity index (χ4n) is 1.45. The van der Waals surface area contributed by atoms with Gasteiger partial charge in [0.25, 0.3) is 0 Å². The summed E-state index contributed by atoms with van der Waals surface area (Å²) in [4.78, 5) is 0. The Morgan fingerprint density at radius 3 is 2.93 bits per heavy atom. The molecule has 1 aromatic carbocycles. The third kappa shape index (κ3) is 1.45. The van der Waals surface area contributed by atoms with Crippen LogP contribution in [0.5, 0.6) is 0 Å². The molecule has 0 amide bonds. The maximum absolute atomic E-state index is 8.90. The maximum atomic E-state index is 8.90.